The van der Waals surface area contributed by atoms with Crippen molar-refractivity contribution in [2.45, 2.75) is 39.7 Å². The van der Waals surface area contributed by atoms with Gasteiger partial charge in [0.05, 0.1) is 0 Å². The molecule has 2 N–H and O–H groups in total. The van der Waals surface area contributed by atoms with Crippen molar-refractivity contribution < 1.29 is 0 Å². The van der Waals surface area contributed by atoms with Gasteiger partial charge in [-0.3, -0.25) is 0 Å². The van der Waals surface area contributed by atoms with Gasteiger partial charge in [0.2, 0.25) is 0 Å². The number of anilines is 1. The summed E-state index contributed by atoms with van der Waals surface area (Å²) >= 11 is 0. The zero-order valence-corrected chi connectivity index (χ0v) is 11.0. The van der Waals surface area contributed by atoms with Crippen LogP contribution in [-0.2, 0) is 6.42 Å². The van der Waals surface area contributed by atoms with Crippen molar-refractivity contribution in [3.63, 3.8) is 0 Å². The third kappa shape index (κ3) is 4.19. The average Bonchev–Trinajstić information content (AvgIpc) is 2.18. The second-order valence-corrected chi connectivity index (χ2v) is 5.12. The Bertz CT molecular complexity index is 340. The van der Waals surface area contributed by atoms with E-state index in [4.69, 9.17) is 0 Å². The zero-order chi connectivity index (χ0) is 12.2. The Hall–Kier alpha value is -1.09. The molecule has 0 aliphatic heterocycles. The molecule has 1 aromatic rings. The minimum atomic E-state index is 0.187. The highest BCUT2D eigenvalue weighted by Crippen LogP contribution is 2.10. The third-order valence-electron chi connectivity index (χ3n) is 2.50. The van der Waals surface area contributed by atoms with E-state index in [1.807, 2.05) is 13.1 Å². The summed E-state index contributed by atoms with van der Waals surface area (Å²) in [4.78, 5) is 4.47. The SMILES string of the molecule is CNc1ccc(CCNC(C)(C)C)c(C)n1. The summed E-state index contributed by atoms with van der Waals surface area (Å²) < 4.78 is 0. The largest absolute Gasteiger partial charge is 0.373 e. The van der Waals surface area contributed by atoms with Crippen LogP contribution >= 0.6 is 0 Å². The second kappa shape index (κ2) is 5.30. The standard InChI is InChI=1S/C13H23N3/c1-10-11(6-7-12(14-5)16-10)8-9-15-13(2,3)4/h6-7,15H,8-9H2,1-5H3,(H,14,16). The van der Waals surface area contributed by atoms with Crippen LogP contribution < -0.4 is 10.6 Å². The van der Waals surface area contributed by atoms with Gasteiger partial charge in [-0.25, -0.2) is 4.98 Å². The molecule has 1 heterocycles. The Morgan fingerprint density at radius 3 is 2.44 bits per heavy atom. The number of rotatable bonds is 4. The van der Waals surface area contributed by atoms with Gasteiger partial charge in [0.15, 0.2) is 0 Å². The van der Waals surface area contributed by atoms with E-state index in [0.29, 0.717) is 0 Å². The first-order chi connectivity index (χ1) is 7.42. The Morgan fingerprint density at radius 1 is 1.25 bits per heavy atom. The van der Waals surface area contributed by atoms with Crippen molar-refractivity contribution in [3.05, 3.63) is 23.4 Å². The van der Waals surface area contributed by atoms with Crippen LogP contribution in [0.5, 0.6) is 0 Å². The van der Waals surface area contributed by atoms with Gasteiger partial charge in [-0.1, -0.05) is 6.07 Å². The fourth-order valence-electron chi connectivity index (χ4n) is 1.57. The molecule has 16 heavy (non-hydrogen) atoms. The molecule has 0 bridgehead atoms. The first-order valence-corrected chi connectivity index (χ1v) is 5.82. The van der Waals surface area contributed by atoms with Crippen molar-refractivity contribution in [1.82, 2.24) is 10.3 Å². The summed E-state index contributed by atoms with van der Waals surface area (Å²) in [5, 5.41) is 6.53. The van der Waals surface area contributed by atoms with Gasteiger partial charge in [-0.2, -0.15) is 0 Å². The van der Waals surface area contributed by atoms with E-state index in [1.165, 1.54) is 5.56 Å². The number of nitrogens with zero attached hydrogens (tertiary/aromatic N) is 1. The van der Waals surface area contributed by atoms with E-state index < -0.39 is 0 Å². The average molecular weight is 221 g/mol. The van der Waals surface area contributed by atoms with Crippen LogP contribution in [0.1, 0.15) is 32.0 Å². The van der Waals surface area contributed by atoms with Crippen molar-refractivity contribution in [1.29, 1.82) is 0 Å². The van der Waals surface area contributed by atoms with E-state index in [2.05, 4.69) is 49.4 Å². The number of hydrogen-bond donors (Lipinski definition) is 2. The molecule has 0 fully saturated rings. The summed E-state index contributed by atoms with van der Waals surface area (Å²) in [5.41, 5.74) is 2.62. The summed E-state index contributed by atoms with van der Waals surface area (Å²) in [6, 6.07) is 4.18. The lowest BCUT2D eigenvalue weighted by atomic mass is 10.1. The van der Waals surface area contributed by atoms with Crippen LogP contribution in [0, 0.1) is 6.92 Å². The Kier molecular flexibility index (Phi) is 4.30. The highest BCUT2D eigenvalue weighted by molar-refractivity contribution is 5.37. The maximum absolute atomic E-state index is 4.47. The molecule has 0 amide bonds. The smallest absolute Gasteiger partial charge is 0.125 e. The molecular formula is C13H23N3. The number of aryl methyl sites for hydroxylation is 1. The zero-order valence-electron chi connectivity index (χ0n) is 11.0. The van der Waals surface area contributed by atoms with Crippen LogP contribution in [0.3, 0.4) is 0 Å². The van der Waals surface area contributed by atoms with Crippen LogP contribution in [-0.4, -0.2) is 24.1 Å². The van der Waals surface area contributed by atoms with Gasteiger partial charge < -0.3 is 10.6 Å². The van der Waals surface area contributed by atoms with Crippen LogP contribution in [0.15, 0.2) is 12.1 Å². The monoisotopic (exact) mass is 221 g/mol. The fourth-order valence-corrected chi connectivity index (χ4v) is 1.57. The molecule has 0 aliphatic rings. The number of nitrogens with one attached hydrogen (secondary N) is 2. The van der Waals surface area contributed by atoms with Gasteiger partial charge in [0.25, 0.3) is 0 Å². The molecule has 0 atom stereocenters. The highest BCUT2D eigenvalue weighted by atomic mass is 15.0. The lowest BCUT2D eigenvalue weighted by Crippen LogP contribution is -2.37. The molecule has 90 valence electrons. The molecule has 0 aromatic carbocycles. The lowest BCUT2D eigenvalue weighted by Gasteiger charge is -2.20. The molecule has 0 aliphatic carbocycles. The summed E-state index contributed by atoms with van der Waals surface area (Å²) in [5.74, 6) is 0.935. The van der Waals surface area contributed by atoms with Crippen molar-refractivity contribution >= 4 is 5.82 Å². The summed E-state index contributed by atoms with van der Waals surface area (Å²) in [7, 11) is 1.89. The van der Waals surface area contributed by atoms with E-state index in [0.717, 1.165) is 24.5 Å². The van der Waals surface area contributed by atoms with E-state index in [9.17, 15) is 0 Å². The number of aromatic nitrogens is 1. The lowest BCUT2D eigenvalue weighted by molar-refractivity contribution is 0.429. The predicted molar refractivity (Wildman–Crippen MR) is 70.0 cm³/mol. The quantitative estimate of drug-likeness (QED) is 0.819. The van der Waals surface area contributed by atoms with E-state index in [1.54, 1.807) is 0 Å². The Morgan fingerprint density at radius 2 is 1.94 bits per heavy atom. The topological polar surface area (TPSA) is 37.0 Å². The van der Waals surface area contributed by atoms with Gasteiger partial charge in [-0.05, 0) is 52.3 Å². The fraction of sp³-hybridized carbons (Fsp3) is 0.615. The van der Waals surface area contributed by atoms with Crippen molar-refractivity contribution in [3.8, 4) is 0 Å². The first-order valence-electron chi connectivity index (χ1n) is 5.82. The maximum Gasteiger partial charge on any atom is 0.125 e. The molecule has 0 saturated heterocycles. The van der Waals surface area contributed by atoms with Crippen molar-refractivity contribution in [2.24, 2.45) is 0 Å². The van der Waals surface area contributed by atoms with Crippen LogP contribution in [0.2, 0.25) is 0 Å². The molecule has 3 heteroatoms. The molecule has 0 spiro atoms. The number of hydrogen-bond acceptors (Lipinski definition) is 3. The van der Waals surface area contributed by atoms with Crippen molar-refractivity contribution in [2.75, 3.05) is 18.9 Å². The van der Waals surface area contributed by atoms with Gasteiger partial charge in [0.1, 0.15) is 5.82 Å². The van der Waals surface area contributed by atoms with Gasteiger partial charge in [-0.15, -0.1) is 0 Å². The van der Waals surface area contributed by atoms with Gasteiger partial charge >= 0.3 is 0 Å². The molecule has 0 unspecified atom stereocenters. The van der Waals surface area contributed by atoms with Crippen LogP contribution in [0.25, 0.3) is 0 Å². The first kappa shape index (κ1) is 13.0. The molecule has 1 aromatic heterocycles. The van der Waals surface area contributed by atoms with Crippen LogP contribution in [0.4, 0.5) is 5.82 Å². The van der Waals surface area contributed by atoms with E-state index in [-0.39, 0.29) is 5.54 Å². The maximum atomic E-state index is 4.47. The van der Waals surface area contributed by atoms with Gasteiger partial charge in [0, 0.05) is 18.3 Å². The minimum absolute atomic E-state index is 0.187. The molecule has 1 rings (SSSR count). The molecular weight excluding hydrogens is 198 g/mol. The molecule has 3 nitrogen and oxygen atoms in total. The predicted octanol–water partition coefficient (Wildman–Crippen LogP) is 2.36. The Labute approximate surface area is 98.7 Å². The summed E-state index contributed by atoms with van der Waals surface area (Å²) in [6.07, 6.45) is 1.03. The van der Waals surface area contributed by atoms with E-state index >= 15 is 0 Å². The second-order valence-electron chi connectivity index (χ2n) is 5.12. The highest BCUT2D eigenvalue weighted by Gasteiger charge is 2.08. The summed E-state index contributed by atoms with van der Waals surface area (Å²) in [6.45, 7) is 9.60. The molecule has 0 saturated carbocycles. The third-order valence-corrected chi connectivity index (χ3v) is 2.50. The molecule has 0 radical (unpaired) electrons. The number of pyridine rings is 1. The Balaban J connectivity index is 2.55. The normalized spacial score (nSPS) is 11.6. The minimum Gasteiger partial charge on any atom is -0.373 e.